The summed E-state index contributed by atoms with van der Waals surface area (Å²) < 4.78 is 13.5. The number of thioether (sulfide) groups is 1. The third kappa shape index (κ3) is 3.64. The van der Waals surface area contributed by atoms with Crippen molar-refractivity contribution >= 4 is 34.7 Å². The van der Waals surface area contributed by atoms with Crippen LogP contribution < -0.4 is 11.1 Å². The van der Waals surface area contributed by atoms with Crippen LogP contribution in [0.2, 0.25) is 0 Å². The van der Waals surface area contributed by atoms with Crippen LogP contribution in [0.3, 0.4) is 0 Å². The second kappa shape index (κ2) is 6.06. The van der Waals surface area contributed by atoms with Crippen molar-refractivity contribution < 1.29 is 4.39 Å². The van der Waals surface area contributed by atoms with Gasteiger partial charge >= 0.3 is 0 Å². The van der Waals surface area contributed by atoms with E-state index < -0.39 is 0 Å². The van der Waals surface area contributed by atoms with Crippen LogP contribution in [0.4, 0.5) is 10.1 Å². The zero-order chi connectivity index (χ0) is 12.1. The van der Waals surface area contributed by atoms with Gasteiger partial charge in [-0.2, -0.15) is 11.8 Å². The van der Waals surface area contributed by atoms with E-state index in [4.69, 9.17) is 18.0 Å². The largest absolute Gasteiger partial charge is 0.389 e. The predicted octanol–water partition coefficient (Wildman–Crippen LogP) is 2.62. The van der Waals surface area contributed by atoms with Crippen LogP contribution >= 0.6 is 24.0 Å². The maximum Gasteiger partial charge on any atom is 0.135 e. The first-order valence-corrected chi connectivity index (χ1v) is 6.60. The molecule has 1 aromatic carbocycles. The molecule has 1 unspecified atom stereocenters. The van der Waals surface area contributed by atoms with Gasteiger partial charge in [-0.1, -0.05) is 19.1 Å². The number of hydrogen-bond donors (Lipinski definition) is 2. The fourth-order valence-corrected chi connectivity index (χ4v) is 1.59. The van der Waals surface area contributed by atoms with Crippen molar-refractivity contribution in [1.29, 1.82) is 0 Å². The summed E-state index contributed by atoms with van der Waals surface area (Å²) in [6.45, 7) is 2.91. The van der Waals surface area contributed by atoms with E-state index in [1.807, 2.05) is 6.26 Å². The standard InChI is InChI=1S/C11H15FN2S2/c1-7(16-2)6-14-8-3-4-9(11(13)15)10(12)5-8/h3-5,7,14H,6H2,1-2H3,(H2,13,15). The summed E-state index contributed by atoms with van der Waals surface area (Å²) in [6, 6.07) is 4.80. The van der Waals surface area contributed by atoms with Crippen LogP contribution in [0.5, 0.6) is 0 Å². The Morgan fingerprint density at radius 2 is 2.31 bits per heavy atom. The minimum absolute atomic E-state index is 0.0848. The third-order valence-electron chi connectivity index (χ3n) is 2.23. The normalized spacial score (nSPS) is 12.2. The highest BCUT2D eigenvalue weighted by Gasteiger charge is 2.06. The van der Waals surface area contributed by atoms with Crippen LogP contribution in [0.25, 0.3) is 0 Å². The minimum atomic E-state index is -0.380. The van der Waals surface area contributed by atoms with Gasteiger partial charge in [-0.25, -0.2) is 4.39 Å². The number of nitrogens with two attached hydrogens (primary N) is 1. The van der Waals surface area contributed by atoms with E-state index in [0.29, 0.717) is 10.8 Å². The monoisotopic (exact) mass is 258 g/mol. The Morgan fingerprint density at radius 1 is 1.62 bits per heavy atom. The highest BCUT2D eigenvalue weighted by Crippen LogP contribution is 2.15. The zero-order valence-electron chi connectivity index (χ0n) is 9.29. The Labute approximate surface area is 105 Å². The van der Waals surface area contributed by atoms with Gasteiger partial charge in [0.1, 0.15) is 10.8 Å². The second-order valence-corrected chi connectivity index (χ2v) is 5.20. The van der Waals surface area contributed by atoms with E-state index >= 15 is 0 Å². The maximum atomic E-state index is 13.5. The summed E-state index contributed by atoms with van der Waals surface area (Å²) in [5.74, 6) is -0.380. The second-order valence-electron chi connectivity index (χ2n) is 3.49. The molecule has 0 amide bonds. The molecule has 3 N–H and O–H groups in total. The lowest BCUT2D eigenvalue weighted by atomic mass is 10.2. The number of anilines is 1. The molecule has 0 heterocycles. The summed E-state index contributed by atoms with van der Waals surface area (Å²) in [5.41, 5.74) is 6.41. The highest BCUT2D eigenvalue weighted by atomic mass is 32.2. The molecule has 16 heavy (non-hydrogen) atoms. The first-order valence-electron chi connectivity index (χ1n) is 4.90. The van der Waals surface area contributed by atoms with Crippen molar-refractivity contribution in [2.24, 2.45) is 5.73 Å². The van der Waals surface area contributed by atoms with Gasteiger partial charge in [0.15, 0.2) is 0 Å². The molecule has 5 heteroatoms. The van der Waals surface area contributed by atoms with E-state index in [2.05, 4.69) is 12.2 Å². The van der Waals surface area contributed by atoms with Crippen molar-refractivity contribution in [2.45, 2.75) is 12.2 Å². The molecule has 1 rings (SSSR count). The average Bonchev–Trinajstić information content (AvgIpc) is 2.25. The van der Waals surface area contributed by atoms with Gasteiger partial charge in [0.2, 0.25) is 0 Å². The maximum absolute atomic E-state index is 13.5. The van der Waals surface area contributed by atoms with Gasteiger partial charge in [0, 0.05) is 23.0 Å². The molecular weight excluding hydrogens is 243 g/mol. The highest BCUT2D eigenvalue weighted by molar-refractivity contribution is 7.99. The fraction of sp³-hybridized carbons (Fsp3) is 0.364. The molecule has 0 bridgehead atoms. The van der Waals surface area contributed by atoms with Crippen LogP contribution in [-0.4, -0.2) is 23.0 Å². The van der Waals surface area contributed by atoms with Crippen LogP contribution in [-0.2, 0) is 0 Å². The van der Waals surface area contributed by atoms with Gasteiger partial charge < -0.3 is 11.1 Å². The first-order chi connectivity index (χ1) is 7.54. The molecular formula is C11H15FN2S2. The molecule has 1 aromatic rings. The Balaban J connectivity index is 2.70. The van der Waals surface area contributed by atoms with Crippen molar-refractivity contribution in [3.8, 4) is 0 Å². The summed E-state index contributed by atoms with van der Waals surface area (Å²) >= 11 is 6.49. The van der Waals surface area contributed by atoms with Gasteiger partial charge in [-0.15, -0.1) is 0 Å². The van der Waals surface area contributed by atoms with E-state index in [1.54, 1.807) is 23.9 Å². The lowest BCUT2D eigenvalue weighted by Gasteiger charge is -2.11. The van der Waals surface area contributed by atoms with Crippen LogP contribution in [0, 0.1) is 5.82 Å². The van der Waals surface area contributed by atoms with E-state index in [0.717, 1.165) is 12.2 Å². The van der Waals surface area contributed by atoms with E-state index in [1.165, 1.54) is 6.07 Å². The molecule has 0 fully saturated rings. The zero-order valence-corrected chi connectivity index (χ0v) is 10.9. The van der Waals surface area contributed by atoms with Crippen molar-refractivity contribution in [1.82, 2.24) is 0 Å². The summed E-state index contributed by atoms with van der Waals surface area (Å²) in [5, 5.41) is 3.64. The summed E-state index contributed by atoms with van der Waals surface area (Å²) in [4.78, 5) is 0.0848. The van der Waals surface area contributed by atoms with Crippen molar-refractivity contribution in [3.63, 3.8) is 0 Å². The van der Waals surface area contributed by atoms with Gasteiger partial charge in [-0.05, 0) is 24.5 Å². The van der Waals surface area contributed by atoms with Gasteiger partial charge in [0.05, 0.1) is 0 Å². The summed E-state index contributed by atoms with van der Waals surface area (Å²) in [6.07, 6.45) is 2.04. The van der Waals surface area contributed by atoms with E-state index in [-0.39, 0.29) is 10.8 Å². The molecule has 0 spiro atoms. The lowest BCUT2D eigenvalue weighted by molar-refractivity contribution is 0.626. The van der Waals surface area contributed by atoms with E-state index in [9.17, 15) is 4.39 Å². The molecule has 0 aromatic heterocycles. The van der Waals surface area contributed by atoms with Gasteiger partial charge in [-0.3, -0.25) is 0 Å². The molecule has 2 nitrogen and oxygen atoms in total. The Hall–Kier alpha value is -0.810. The Kier molecular flexibility index (Phi) is 5.02. The third-order valence-corrected chi connectivity index (χ3v) is 3.42. The fourth-order valence-electron chi connectivity index (χ4n) is 1.17. The topological polar surface area (TPSA) is 38.0 Å². The quantitative estimate of drug-likeness (QED) is 0.796. The SMILES string of the molecule is CSC(C)CNc1ccc(C(N)=S)c(F)c1. The smallest absolute Gasteiger partial charge is 0.135 e. The lowest BCUT2D eigenvalue weighted by Crippen LogP contribution is -2.14. The molecule has 1 atom stereocenters. The Bertz CT molecular complexity index is 382. The number of thiocarbonyl (C=S) groups is 1. The summed E-state index contributed by atoms with van der Waals surface area (Å²) in [7, 11) is 0. The van der Waals surface area contributed by atoms with Crippen molar-refractivity contribution in [2.75, 3.05) is 18.1 Å². The number of nitrogens with one attached hydrogen (secondary N) is 1. The molecule has 0 aliphatic carbocycles. The molecule has 0 radical (unpaired) electrons. The molecule has 0 saturated heterocycles. The Morgan fingerprint density at radius 3 is 2.81 bits per heavy atom. The first kappa shape index (κ1) is 13.3. The van der Waals surface area contributed by atoms with Crippen LogP contribution in [0.15, 0.2) is 18.2 Å². The molecule has 0 aliphatic rings. The minimum Gasteiger partial charge on any atom is -0.389 e. The average molecular weight is 258 g/mol. The predicted molar refractivity (Wildman–Crippen MR) is 73.8 cm³/mol. The number of rotatable bonds is 5. The number of halogens is 1. The van der Waals surface area contributed by atoms with Crippen LogP contribution in [0.1, 0.15) is 12.5 Å². The van der Waals surface area contributed by atoms with Gasteiger partial charge in [0.25, 0.3) is 0 Å². The molecule has 88 valence electrons. The van der Waals surface area contributed by atoms with Crippen molar-refractivity contribution in [3.05, 3.63) is 29.6 Å². The number of benzene rings is 1. The molecule has 0 saturated carbocycles. The number of hydrogen-bond acceptors (Lipinski definition) is 3. The molecule has 0 aliphatic heterocycles.